The van der Waals surface area contributed by atoms with Crippen LogP contribution in [0.2, 0.25) is 0 Å². The van der Waals surface area contributed by atoms with E-state index >= 15 is 9.59 Å². The van der Waals surface area contributed by atoms with Gasteiger partial charge in [-0.15, -0.1) is 0 Å². The van der Waals surface area contributed by atoms with Gasteiger partial charge in [0.25, 0.3) is 0 Å². The van der Waals surface area contributed by atoms with Crippen LogP contribution >= 0.6 is 15.6 Å². The molecule has 2 saturated heterocycles. The summed E-state index contributed by atoms with van der Waals surface area (Å²) in [6, 6.07) is -4.40. The van der Waals surface area contributed by atoms with E-state index in [1.54, 1.807) is 0 Å². The van der Waals surface area contributed by atoms with Crippen LogP contribution in [-0.2, 0) is 84.9 Å². The summed E-state index contributed by atoms with van der Waals surface area (Å²) in [6.07, 6.45) is 45.2. The summed E-state index contributed by atoms with van der Waals surface area (Å²) in [4.78, 5) is 144. The molecule has 29 nitrogen and oxygen atoms in total. The SMILES string of the molecule is CCCCCCCCCCCCCCCC(=O)[C@H](CCCCCCCCCCC)CC(=O)N[C@@H]1[C@@H](OC(=O)C[C@@H](O)C(CCCCCCCCCC)OP(=O)(O)O)[C@H](O)[C@@H](CO[C@@H]2O[C@H](CO)[C@@H](O)[C@H](OC(=O)C[C@@H](CCCCCCCCCCC)OC(=O)CCCCCCCCCCCCC)[C@H]2NC(=O)C[C@@H](CCCCCCCCCCC)OC(=O)CCCCCCCCCCC)O[C@@]1(O)OP(=O)(O)O. The first kappa shape index (κ1) is 133. The molecule has 15 atom stereocenters. The van der Waals surface area contributed by atoms with E-state index < -0.39 is 182 Å². The molecule has 2 rings (SSSR count). The fraction of sp³-hybridized carbons (Fsp3) is 0.936. The molecule has 31 heteroatoms. The third-order valence-corrected chi connectivity index (χ3v) is 29.1. The largest absolute Gasteiger partial charge is 0.474 e. The molecule has 830 valence electrons. The highest BCUT2D eigenvalue weighted by Crippen LogP contribution is 2.47. The average Bonchev–Trinajstić information content (AvgIpc) is 0.753. The summed E-state index contributed by atoms with van der Waals surface area (Å²) in [5, 5.41) is 66.5. The molecule has 2 amide bonds. The summed E-state index contributed by atoms with van der Waals surface area (Å²) in [7, 11) is -11.5. The van der Waals surface area contributed by atoms with Crippen molar-refractivity contribution in [2.45, 2.75) is 641 Å². The molecule has 141 heavy (non-hydrogen) atoms. The molecule has 2 fully saturated rings. The van der Waals surface area contributed by atoms with Gasteiger partial charge in [0.05, 0.1) is 44.7 Å². The number of ketones is 1. The maximum Gasteiger partial charge on any atom is 0.474 e. The van der Waals surface area contributed by atoms with E-state index in [0.717, 1.165) is 295 Å². The number of aliphatic hydroxyl groups is 5. The lowest BCUT2D eigenvalue weighted by Crippen LogP contribution is -2.72. The minimum absolute atomic E-state index is 0.0902. The fourth-order valence-corrected chi connectivity index (χ4v) is 20.6. The summed E-state index contributed by atoms with van der Waals surface area (Å²) in [5.74, 6) is -10.5. The number of rotatable bonds is 99. The molecule has 11 N–H and O–H groups in total. The second-order valence-corrected chi connectivity index (χ2v) is 43.7. The van der Waals surface area contributed by atoms with Crippen LogP contribution in [0.1, 0.15) is 556 Å². The predicted molar refractivity (Wildman–Crippen MR) is 556 cm³/mol. The fourth-order valence-electron chi connectivity index (χ4n) is 19.5. The topological polar surface area (TPSA) is 443 Å². The number of esters is 4. The Hall–Kier alpha value is -3.61. The van der Waals surface area contributed by atoms with E-state index in [9.17, 15) is 78.2 Å². The molecule has 0 aromatic rings. The average molecular weight is 2050 g/mol. The van der Waals surface area contributed by atoms with Crippen molar-refractivity contribution in [1.29, 1.82) is 0 Å². The molecule has 1 unspecified atom stereocenters. The van der Waals surface area contributed by atoms with Crippen LogP contribution in [0.3, 0.4) is 0 Å². The molecule has 2 heterocycles. The van der Waals surface area contributed by atoms with E-state index in [1.807, 2.05) is 0 Å². The normalized spacial score (nSPS) is 20.0. The Kier molecular flexibility index (Phi) is 82.5. The molecule has 2 aliphatic rings. The van der Waals surface area contributed by atoms with Gasteiger partial charge in [0.1, 0.15) is 48.4 Å². The Morgan fingerprint density at radius 1 is 0.355 bits per heavy atom. The second kappa shape index (κ2) is 87.1. The number of phosphoric acid groups is 2. The van der Waals surface area contributed by atoms with E-state index in [4.69, 9.17) is 42.2 Å². The van der Waals surface area contributed by atoms with Gasteiger partial charge >= 0.3 is 45.5 Å². The van der Waals surface area contributed by atoms with Crippen LogP contribution in [0, 0.1) is 5.92 Å². The Morgan fingerprint density at radius 3 is 1.03 bits per heavy atom. The van der Waals surface area contributed by atoms with Crippen molar-refractivity contribution in [3.63, 3.8) is 0 Å². The van der Waals surface area contributed by atoms with Crippen molar-refractivity contribution in [3.8, 4) is 0 Å². The van der Waals surface area contributed by atoms with Gasteiger partial charge in [0, 0.05) is 31.6 Å². The van der Waals surface area contributed by atoms with Crippen molar-refractivity contribution in [2.75, 3.05) is 13.2 Å². The number of nitrogens with one attached hydrogen (secondary N) is 2. The third-order valence-electron chi connectivity index (χ3n) is 28.1. The number of amides is 2. The van der Waals surface area contributed by atoms with E-state index in [0.29, 0.717) is 44.9 Å². The molecule has 0 aromatic carbocycles. The molecule has 0 aliphatic carbocycles. The first-order chi connectivity index (χ1) is 68.0. The predicted octanol–water partition coefficient (Wildman–Crippen LogP) is 25.2. The lowest BCUT2D eigenvalue weighted by molar-refractivity contribution is -0.404. The highest BCUT2D eigenvalue weighted by Gasteiger charge is 2.61. The Bertz CT molecular complexity index is 3170. The van der Waals surface area contributed by atoms with Gasteiger partial charge in [-0.05, 0) is 57.8 Å². The number of phosphoric ester groups is 2. The number of ether oxygens (including phenoxy) is 7. The van der Waals surface area contributed by atoms with Gasteiger partial charge < -0.3 is 88.9 Å². The lowest BCUT2D eigenvalue weighted by Gasteiger charge is -2.48. The maximum absolute atomic E-state index is 15.2. The molecule has 0 bridgehead atoms. The highest BCUT2D eigenvalue weighted by molar-refractivity contribution is 7.46. The van der Waals surface area contributed by atoms with Crippen LogP contribution in [-0.4, -0.2) is 185 Å². The van der Waals surface area contributed by atoms with Crippen molar-refractivity contribution in [1.82, 2.24) is 10.6 Å². The number of carbonyl (C=O) groups excluding carboxylic acids is 7. The van der Waals surface area contributed by atoms with Crippen LogP contribution in [0.4, 0.5) is 0 Å². The first-order valence-electron chi connectivity index (χ1n) is 57.7. The lowest BCUT2D eigenvalue weighted by atomic mass is 9.89. The molecule has 0 radical (unpaired) electrons. The smallest absolute Gasteiger partial charge is 0.462 e. The van der Waals surface area contributed by atoms with Gasteiger partial charge in [0.2, 0.25) is 11.8 Å². The van der Waals surface area contributed by atoms with Gasteiger partial charge in [-0.2, -0.15) is 0 Å². The van der Waals surface area contributed by atoms with Crippen molar-refractivity contribution in [2.24, 2.45) is 5.92 Å². The number of hydrogen-bond acceptors (Lipinski definition) is 23. The zero-order chi connectivity index (χ0) is 104. The summed E-state index contributed by atoms with van der Waals surface area (Å²) >= 11 is 0. The number of aliphatic hydroxyl groups excluding tert-OH is 4. The quantitative estimate of drug-likeness (QED) is 0.00885. The van der Waals surface area contributed by atoms with E-state index in [1.165, 1.54) is 89.9 Å². The van der Waals surface area contributed by atoms with Crippen LogP contribution < -0.4 is 10.6 Å². The zero-order valence-corrected chi connectivity index (χ0v) is 91.4. The second-order valence-electron chi connectivity index (χ2n) is 41.3. The van der Waals surface area contributed by atoms with Crippen molar-refractivity contribution >= 4 is 57.1 Å². The molecule has 2 aliphatic heterocycles. The highest BCUT2D eigenvalue weighted by atomic mass is 31.2. The van der Waals surface area contributed by atoms with E-state index in [-0.39, 0.29) is 57.1 Å². The summed E-state index contributed by atoms with van der Waals surface area (Å²) in [5.41, 5.74) is 0. The molecular weight excluding hydrogens is 1840 g/mol. The molecular formula is C110H208N2O27P2. The van der Waals surface area contributed by atoms with Gasteiger partial charge in [-0.1, -0.05) is 453 Å². The number of carbonyl (C=O) groups is 7. The van der Waals surface area contributed by atoms with Gasteiger partial charge in [-0.3, -0.25) is 38.1 Å². The van der Waals surface area contributed by atoms with Crippen LogP contribution in [0.5, 0.6) is 0 Å². The first-order valence-corrected chi connectivity index (χ1v) is 60.8. The molecule has 0 spiro atoms. The standard InChI is InChI=1S/C110H208N2O27P2/c1-8-15-22-29-36-43-45-46-48-53-58-65-72-79-92(114)89(76-69-62-55-49-38-31-24-17-10-3)83-97(116)112-108-107(136-102(121)86-93(115)94(138-140(125,126)127)80-73-66-59-42-35-28-21-14-7)105(123)96(137-110(108,124)139-141(128,129)130)88-131-109-103(111-98(117)84-90(77-70-63-56-50-39-32-25-18-11-4)132-99(118)81-74-67-60-52-41-34-27-20-13-6)106(104(122)95(87-113)134-109)135-101(120)85-91(78-71-64-57-51-40-33-26-19-12-5)133-100(119)82-75-68-61-54-47-44-37-30-23-16-9-2/h89-91,93-96,103-109,113,115,122-124H,8-88H2,1-7H3,(H,111,117)(H,112,116)(H2,125,126,127)(H2,128,129,130)/t89-,90-,91-,93-,94?,95-,96-,103-,104-,105-,106-,107+,108-,109-,110-/m1/s1. The summed E-state index contributed by atoms with van der Waals surface area (Å²) < 4.78 is 79.5. The van der Waals surface area contributed by atoms with Gasteiger partial charge in [0.15, 0.2) is 24.5 Å². The number of Topliss-reactive ketones (excluding diaryl/α,β-unsaturated/α-hetero) is 1. The van der Waals surface area contributed by atoms with Crippen LogP contribution in [0.25, 0.3) is 0 Å². The van der Waals surface area contributed by atoms with E-state index in [2.05, 4.69) is 59.1 Å². The Morgan fingerprint density at radius 2 is 0.667 bits per heavy atom. The van der Waals surface area contributed by atoms with Crippen molar-refractivity contribution in [3.05, 3.63) is 0 Å². The third kappa shape index (κ3) is 70.1. The minimum Gasteiger partial charge on any atom is -0.462 e. The number of unbranched alkanes of at least 4 members (excludes halogenated alkanes) is 61. The monoisotopic (exact) mass is 2050 g/mol. The minimum atomic E-state index is -6.10. The van der Waals surface area contributed by atoms with Crippen molar-refractivity contribution < 1.29 is 130 Å². The molecule has 0 saturated carbocycles. The molecule has 0 aromatic heterocycles. The van der Waals surface area contributed by atoms with Gasteiger partial charge in [-0.25, -0.2) is 13.7 Å². The van der Waals surface area contributed by atoms with Crippen LogP contribution in [0.15, 0.2) is 0 Å². The zero-order valence-electron chi connectivity index (χ0n) is 89.6. The summed E-state index contributed by atoms with van der Waals surface area (Å²) in [6.45, 7) is 13.0. The number of hydrogen-bond donors (Lipinski definition) is 11. The Labute approximate surface area is 853 Å². The maximum atomic E-state index is 15.2. The Balaban J connectivity index is 2.96.